The molecule has 0 amide bonds. The van der Waals surface area contributed by atoms with Crippen molar-refractivity contribution in [2.24, 2.45) is 17.8 Å². The summed E-state index contributed by atoms with van der Waals surface area (Å²) in [7, 11) is 0. The Morgan fingerprint density at radius 3 is 2.61 bits per heavy atom. The lowest BCUT2D eigenvalue weighted by atomic mass is 9.75. The van der Waals surface area contributed by atoms with E-state index in [1.807, 2.05) is 12.1 Å². The first-order chi connectivity index (χ1) is 15.2. The SMILES string of the molecule is O=[N+]([O-])c1ccc2c(c1)C1C(/C2=C2\CCCc3ccc4ccccc4c32)[C@@H]2C=C[C@H]1C2. The largest absolute Gasteiger partial charge is 0.269 e. The number of hydrogen-bond donors (Lipinski definition) is 0. The van der Waals surface area contributed by atoms with Crippen LogP contribution in [-0.4, -0.2) is 4.92 Å². The van der Waals surface area contributed by atoms with Crippen LogP contribution < -0.4 is 0 Å². The molecule has 1 fully saturated rings. The Hall–Kier alpha value is -3.20. The molecule has 0 radical (unpaired) electrons. The zero-order valence-corrected chi connectivity index (χ0v) is 17.3. The topological polar surface area (TPSA) is 43.1 Å². The van der Waals surface area contributed by atoms with Crippen molar-refractivity contribution in [1.29, 1.82) is 0 Å². The lowest BCUT2D eigenvalue weighted by Crippen LogP contribution is -2.14. The molecular formula is C28H23NO2. The van der Waals surface area contributed by atoms with Gasteiger partial charge in [0.15, 0.2) is 0 Å². The summed E-state index contributed by atoms with van der Waals surface area (Å²) in [5, 5.41) is 14.2. The van der Waals surface area contributed by atoms with Crippen molar-refractivity contribution in [3.05, 3.63) is 99.1 Å². The molecular weight excluding hydrogens is 382 g/mol. The van der Waals surface area contributed by atoms with Crippen LogP contribution in [0.4, 0.5) is 5.69 Å². The summed E-state index contributed by atoms with van der Waals surface area (Å²) in [5.74, 6) is 1.94. The van der Waals surface area contributed by atoms with E-state index in [1.54, 1.807) is 6.07 Å². The number of non-ortho nitro benzene ring substituents is 1. The Kier molecular flexibility index (Phi) is 3.47. The summed E-state index contributed by atoms with van der Waals surface area (Å²) in [6, 6.07) is 19.0. The molecule has 4 atom stereocenters. The van der Waals surface area contributed by atoms with Crippen LogP contribution in [0.25, 0.3) is 21.9 Å². The summed E-state index contributed by atoms with van der Waals surface area (Å²) >= 11 is 0. The maximum absolute atomic E-state index is 11.5. The van der Waals surface area contributed by atoms with Crippen molar-refractivity contribution >= 4 is 27.6 Å². The molecule has 0 heterocycles. The molecule has 0 N–H and O–H groups in total. The van der Waals surface area contributed by atoms with Crippen LogP contribution >= 0.6 is 0 Å². The summed E-state index contributed by atoms with van der Waals surface area (Å²) < 4.78 is 0. The highest BCUT2D eigenvalue weighted by Crippen LogP contribution is 2.65. The number of benzene rings is 3. The first-order valence-electron chi connectivity index (χ1n) is 11.4. The van der Waals surface area contributed by atoms with Gasteiger partial charge in [-0.25, -0.2) is 0 Å². The molecule has 31 heavy (non-hydrogen) atoms. The molecule has 3 aromatic carbocycles. The molecule has 2 unspecified atom stereocenters. The van der Waals surface area contributed by atoms with Gasteiger partial charge in [0.05, 0.1) is 4.92 Å². The van der Waals surface area contributed by atoms with E-state index in [0.29, 0.717) is 23.7 Å². The molecule has 4 aliphatic carbocycles. The fraction of sp³-hybridized carbons (Fsp3) is 0.286. The molecule has 0 aliphatic heterocycles. The molecule has 7 rings (SSSR count). The number of aryl methyl sites for hydroxylation is 1. The Balaban J connectivity index is 1.55. The predicted molar refractivity (Wildman–Crippen MR) is 124 cm³/mol. The maximum Gasteiger partial charge on any atom is 0.269 e. The normalized spacial score (nSPS) is 29.8. The highest BCUT2D eigenvalue weighted by Gasteiger charge is 2.52. The van der Waals surface area contributed by atoms with Gasteiger partial charge in [0.25, 0.3) is 5.69 Å². The standard InChI is InChI=1S/C28H23NO2/c30-29(31)20-12-13-22-24(15-20)26-18-10-11-19(14-18)27(26)28(22)23-7-3-5-17-9-8-16-4-1-2-6-21(16)25(17)23/h1-2,4,6,8-13,15,18-19,26-27H,3,5,7,14H2/b28-23+/t18-,19+,26?,27?/m0/s1. The first kappa shape index (κ1) is 17.5. The summed E-state index contributed by atoms with van der Waals surface area (Å²) in [6.45, 7) is 0. The van der Waals surface area contributed by atoms with Gasteiger partial charge in [-0.2, -0.15) is 0 Å². The zero-order chi connectivity index (χ0) is 20.7. The Labute approximate surface area is 181 Å². The van der Waals surface area contributed by atoms with Crippen LogP contribution in [0, 0.1) is 27.9 Å². The number of hydrogen-bond acceptors (Lipinski definition) is 2. The minimum Gasteiger partial charge on any atom is -0.258 e. The smallest absolute Gasteiger partial charge is 0.258 e. The third kappa shape index (κ3) is 2.29. The zero-order valence-electron chi connectivity index (χ0n) is 17.3. The van der Waals surface area contributed by atoms with E-state index < -0.39 is 0 Å². The van der Waals surface area contributed by atoms with Gasteiger partial charge in [-0.3, -0.25) is 10.1 Å². The Morgan fingerprint density at radius 1 is 0.903 bits per heavy atom. The van der Waals surface area contributed by atoms with Gasteiger partial charge < -0.3 is 0 Å². The number of nitro benzene ring substituents is 1. The molecule has 0 aromatic heterocycles. The second-order valence-corrected chi connectivity index (χ2v) is 9.60. The van der Waals surface area contributed by atoms with Crippen LogP contribution in [0.2, 0.25) is 0 Å². The lowest BCUT2D eigenvalue weighted by Gasteiger charge is -2.28. The fourth-order valence-corrected chi connectivity index (χ4v) is 7.10. The van der Waals surface area contributed by atoms with Crippen molar-refractivity contribution in [2.75, 3.05) is 0 Å². The van der Waals surface area contributed by atoms with Gasteiger partial charge >= 0.3 is 0 Å². The van der Waals surface area contributed by atoms with Gasteiger partial charge in [-0.15, -0.1) is 0 Å². The molecule has 4 aliphatic rings. The van der Waals surface area contributed by atoms with E-state index in [9.17, 15) is 10.1 Å². The van der Waals surface area contributed by atoms with Gasteiger partial charge in [-0.1, -0.05) is 48.6 Å². The van der Waals surface area contributed by atoms with Gasteiger partial charge in [0.2, 0.25) is 0 Å². The van der Waals surface area contributed by atoms with E-state index in [4.69, 9.17) is 0 Å². The van der Waals surface area contributed by atoms with Gasteiger partial charge in [0.1, 0.15) is 0 Å². The number of fused-ring (bicyclic) bond motifs is 10. The monoisotopic (exact) mass is 405 g/mol. The number of allylic oxidation sites excluding steroid dienone is 4. The van der Waals surface area contributed by atoms with E-state index in [-0.39, 0.29) is 10.6 Å². The van der Waals surface area contributed by atoms with E-state index in [2.05, 4.69) is 48.6 Å². The molecule has 0 spiro atoms. The number of nitro groups is 1. The van der Waals surface area contributed by atoms with Gasteiger partial charge in [-0.05, 0) is 99.6 Å². The second-order valence-electron chi connectivity index (χ2n) is 9.60. The highest BCUT2D eigenvalue weighted by atomic mass is 16.6. The Morgan fingerprint density at radius 2 is 1.74 bits per heavy atom. The van der Waals surface area contributed by atoms with Crippen molar-refractivity contribution in [1.82, 2.24) is 0 Å². The quantitative estimate of drug-likeness (QED) is 0.251. The highest BCUT2D eigenvalue weighted by molar-refractivity contribution is 6.05. The summed E-state index contributed by atoms with van der Waals surface area (Å²) in [6.07, 6.45) is 9.37. The fourth-order valence-electron chi connectivity index (χ4n) is 7.10. The maximum atomic E-state index is 11.5. The number of nitrogens with zero attached hydrogens (tertiary/aromatic N) is 1. The van der Waals surface area contributed by atoms with Crippen molar-refractivity contribution in [3.8, 4) is 0 Å². The van der Waals surface area contributed by atoms with Crippen molar-refractivity contribution < 1.29 is 4.92 Å². The van der Waals surface area contributed by atoms with Crippen LogP contribution in [0.5, 0.6) is 0 Å². The molecule has 3 aromatic rings. The number of rotatable bonds is 1. The van der Waals surface area contributed by atoms with E-state index in [1.165, 1.54) is 57.0 Å². The summed E-state index contributed by atoms with van der Waals surface area (Å²) in [5.41, 5.74) is 8.60. The van der Waals surface area contributed by atoms with Crippen LogP contribution in [0.15, 0.2) is 66.7 Å². The summed E-state index contributed by atoms with van der Waals surface area (Å²) in [4.78, 5) is 11.3. The minimum absolute atomic E-state index is 0.227. The predicted octanol–water partition coefficient (Wildman–Crippen LogP) is 6.91. The third-order valence-corrected chi connectivity index (χ3v) is 8.20. The second kappa shape index (κ2) is 6.16. The van der Waals surface area contributed by atoms with E-state index in [0.717, 1.165) is 12.8 Å². The Bertz CT molecular complexity index is 1350. The average molecular weight is 405 g/mol. The van der Waals surface area contributed by atoms with Gasteiger partial charge in [0, 0.05) is 12.1 Å². The van der Waals surface area contributed by atoms with Crippen molar-refractivity contribution in [2.45, 2.75) is 31.6 Å². The average Bonchev–Trinajstić information content (AvgIpc) is 3.50. The molecule has 0 saturated heterocycles. The lowest BCUT2D eigenvalue weighted by molar-refractivity contribution is -0.384. The molecule has 152 valence electrons. The van der Waals surface area contributed by atoms with Crippen LogP contribution in [0.3, 0.4) is 0 Å². The first-order valence-corrected chi connectivity index (χ1v) is 11.4. The third-order valence-electron chi connectivity index (χ3n) is 8.20. The molecule has 2 bridgehead atoms. The minimum atomic E-state index is -0.243. The molecule has 3 heteroatoms. The van der Waals surface area contributed by atoms with Crippen LogP contribution in [0.1, 0.15) is 47.4 Å². The van der Waals surface area contributed by atoms with E-state index >= 15 is 0 Å². The molecule has 3 nitrogen and oxygen atoms in total. The van der Waals surface area contributed by atoms with Crippen LogP contribution in [-0.2, 0) is 6.42 Å². The molecule has 1 saturated carbocycles. The van der Waals surface area contributed by atoms with Crippen molar-refractivity contribution in [3.63, 3.8) is 0 Å².